The van der Waals surface area contributed by atoms with E-state index in [4.69, 9.17) is 0 Å². The summed E-state index contributed by atoms with van der Waals surface area (Å²) in [5, 5.41) is 0. The molecule has 0 aliphatic rings. The number of benzene rings is 4. The van der Waals surface area contributed by atoms with Gasteiger partial charge >= 0.3 is 21.2 Å². The van der Waals surface area contributed by atoms with E-state index in [0.29, 0.717) is 11.4 Å². The van der Waals surface area contributed by atoms with E-state index in [9.17, 15) is 13.0 Å². The molecule has 4 aromatic carbocycles. The first-order valence-corrected chi connectivity index (χ1v) is 12.7. The third-order valence-electron chi connectivity index (χ3n) is 3.89. The topological polar surface area (TPSA) is 60.4 Å². The summed E-state index contributed by atoms with van der Waals surface area (Å²) in [7, 11) is -4.59. The third kappa shape index (κ3) is 6.69. The predicted octanol–water partition coefficient (Wildman–Crippen LogP) is 2.10. The molecule has 4 nitrogen and oxygen atoms in total. The van der Waals surface area contributed by atoms with Gasteiger partial charge in [0.25, 0.3) is 0 Å². The van der Waals surface area contributed by atoms with Gasteiger partial charge in [-0.05, 0) is 48.5 Å². The molecule has 0 fully saturated rings. The van der Waals surface area contributed by atoms with Crippen molar-refractivity contribution < 1.29 is 34.2 Å². The van der Waals surface area contributed by atoms with Crippen molar-refractivity contribution in [1.29, 1.82) is 0 Å². The van der Waals surface area contributed by atoms with E-state index < -0.39 is 10.3 Å². The summed E-state index contributed by atoms with van der Waals surface area (Å²) in [5.74, 6) is 0. The molecule has 0 aliphatic heterocycles. The van der Waals surface area contributed by atoms with Crippen molar-refractivity contribution in [2.24, 2.45) is 0 Å². The lowest BCUT2D eigenvalue weighted by atomic mass is 10.3. The minimum atomic E-state index is -4.59. The lowest BCUT2D eigenvalue weighted by molar-refractivity contribution is -0.597. The van der Waals surface area contributed by atoms with Gasteiger partial charge in [0.2, 0.25) is 0 Å². The van der Waals surface area contributed by atoms with Crippen LogP contribution in [0.4, 0.5) is 11.4 Å². The number of hydrogen-bond donors (Lipinski definition) is 0. The Morgan fingerprint density at radius 2 is 0.833 bits per heavy atom. The Balaban J connectivity index is 0.000000177. The average Bonchev–Trinajstić information content (AvgIpc) is 2.76. The Hall–Kier alpha value is -2.68. The molecule has 0 aromatic heterocycles. The number of halogens is 1. The molecule has 152 valence electrons. The summed E-state index contributed by atoms with van der Waals surface area (Å²) >= 11 is 0.0287. The molecule has 4 aromatic rings. The maximum atomic E-state index is 11.3. The summed E-state index contributed by atoms with van der Waals surface area (Å²) in [5.41, 5.74) is 0.655. The largest absolute Gasteiger partial charge is 0.731 e. The van der Waals surface area contributed by atoms with E-state index >= 15 is 0 Å². The first-order valence-electron chi connectivity index (χ1n) is 9.15. The van der Waals surface area contributed by atoms with Gasteiger partial charge in [0.15, 0.2) is 17.4 Å². The third-order valence-corrected chi connectivity index (χ3v) is 7.44. The van der Waals surface area contributed by atoms with Crippen molar-refractivity contribution in [3.05, 3.63) is 128 Å². The number of nitrogens with zero attached hydrogens (tertiary/aromatic N) is 1. The second-order valence-corrected chi connectivity index (χ2v) is 10.3. The molecule has 0 radical (unpaired) electrons. The van der Waals surface area contributed by atoms with Crippen LogP contribution < -0.4 is 25.5 Å². The zero-order valence-electron chi connectivity index (χ0n) is 16.0. The SMILES string of the molecule is O=S(=O)([O-])N(c1ccccc1)c1ccccc1.c1ccc([I+]c2ccccc2)cc1. The van der Waals surface area contributed by atoms with E-state index in [2.05, 4.69) is 60.7 Å². The summed E-state index contributed by atoms with van der Waals surface area (Å²) in [6, 6.07) is 37.9. The van der Waals surface area contributed by atoms with Gasteiger partial charge in [-0.15, -0.1) is 0 Å². The number of para-hydroxylation sites is 2. The lowest BCUT2D eigenvalue weighted by Crippen LogP contribution is -3.61. The van der Waals surface area contributed by atoms with E-state index in [0.717, 1.165) is 4.31 Å². The van der Waals surface area contributed by atoms with Crippen LogP contribution in [0.2, 0.25) is 0 Å². The van der Waals surface area contributed by atoms with E-state index in [1.807, 2.05) is 0 Å². The summed E-state index contributed by atoms with van der Waals surface area (Å²) in [6.45, 7) is 0. The Labute approximate surface area is 188 Å². The van der Waals surface area contributed by atoms with E-state index in [-0.39, 0.29) is 21.2 Å². The van der Waals surface area contributed by atoms with Crippen LogP contribution in [-0.2, 0) is 10.3 Å². The molecule has 0 unspecified atom stereocenters. The molecule has 0 saturated carbocycles. The van der Waals surface area contributed by atoms with Gasteiger partial charge in [-0.2, -0.15) is 0 Å². The van der Waals surface area contributed by atoms with Crippen LogP contribution in [0.5, 0.6) is 0 Å². The Morgan fingerprint density at radius 3 is 1.13 bits per heavy atom. The zero-order valence-corrected chi connectivity index (χ0v) is 19.0. The lowest BCUT2D eigenvalue weighted by Gasteiger charge is -2.27. The fourth-order valence-corrected chi connectivity index (χ4v) is 5.64. The normalized spacial score (nSPS) is 10.6. The molecule has 4 rings (SSSR count). The highest BCUT2D eigenvalue weighted by Crippen LogP contribution is 2.27. The first-order chi connectivity index (χ1) is 14.5. The van der Waals surface area contributed by atoms with Crippen LogP contribution in [0.25, 0.3) is 0 Å². The molecule has 0 bridgehead atoms. The first kappa shape index (κ1) is 22.0. The molecule has 0 spiro atoms. The summed E-state index contributed by atoms with van der Waals surface area (Å²) < 4.78 is 37.6. The predicted molar refractivity (Wildman–Crippen MR) is 115 cm³/mol. The second kappa shape index (κ2) is 10.9. The highest BCUT2D eigenvalue weighted by molar-refractivity contribution is 7.87. The van der Waals surface area contributed by atoms with Crippen molar-refractivity contribution in [2.45, 2.75) is 0 Å². The molecule has 0 aliphatic carbocycles. The fraction of sp³-hybridized carbons (Fsp3) is 0. The molecular weight excluding hydrogens is 509 g/mol. The highest BCUT2D eigenvalue weighted by Gasteiger charge is 2.14. The zero-order chi connectivity index (χ0) is 21.2. The smallest absolute Gasteiger partial charge is 0.357 e. The molecular formula is C24H20INO3S. The maximum Gasteiger partial charge on any atom is 0.357 e. The van der Waals surface area contributed by atoms with Crippen LogP contribution in [0.3, 0.4) is 0 Å². The highest BCUT2D eigenvalue weighted by atomic mass is 127. The second-order valence-electron chi connectivity index (χ2n) is 6.08. The minimum absolute atomic E-state index is 0.0287. The monoisotopic (exact) mass is 529 g/mol. The van der Waals surface area contributed by atoms with Crippen molar-refractivity contribution in [3.8, 4) is 0 Å². The molecule has 0 N–H and O–H groups in total. The van der Waals surface area contributed by atoms with Crippen molar-refractivity contribution in [2.75, 3.05) is 4.31 Å². The number of anilines is 2. The Morgan fingerprint density at radius 1 is 0.533 bits per heavy atom. The number of hydrogen-bond acceptors (Lipinski definition) is 3. The Bertz CT molecular complexity index is 1050. The maximum absolute atomic E-state index is 11.3. The van der Waals surface area contributed by atoms with E-state index in [1.54, 1.807) is 60.7 Å². The van der Waals surface area contributed by atoms with Gasteiger partial charge in [-0.1, -0.05) is 72.8 Å². The van der Waals surface area contributed by atoms with Gasteiger partial charge in [-0.3, -0.25) is 0 Å². The average molecular weight is 529 g/mol. The van der Waals surface area contributed by atoms with Crippen molar-refractivity contribution in [3.63, 3.8) is 0 Å². The van der Waals surface area contributed by atoms with Crippen LogP contribution >= 0.6 is 0 Å². The molecule has 0 saturated heterocycles. The molecule has 0 atom stereocenters. The molecule has 6 heteroatoms. The summed E-state index contributed by atoms with van der Waals surface area (Å²) in [4.78, 5) is 0. The Kier molecular flexibility index (Phi) is 8.01. The van der Waals surface area contributed by atoms with Crippen molar-refractivity contribution >= 4 is 21.7 Å². The van der Waals surface area contributed by atoms with Crippen LogP contribution in [0, 0.1) is 7.14 Å². The molecule has 0 amide bonds. The summed E-state index contributed by atoms with van der Waals surface area (Å²) in [6.07, 6.45) is 0. The fourth-order valence-electron chi connectivity index (χ4n) is 2.62. The molecule has 0 heterocycles. The quantitative estimate of drug-likeness (QED) is 0.294. The standard InChI is InChI=1S/C12H10I.C12H11NO3S/c1-3-7-11(8-4-1)13-12-9-5-2-6-10-12;14-17(15,16)13(11-7-3-1-4-8-11)12-9-5-2-6-10-12/h1-10H;1-10H,(H,14,15,16)/q+1;/p-1. The van der Waals surface area contributed by atoms with E-state index in [1.165, 1.54) is 7.14 Å². The molecule has 30 heavy (non-hydrogen) atoms. The van der Waals surface area contributed by atoms with Gasteiger partial charge in [-0.25, -0.2) is 12.7 Å². The van der Waals surface area contributed by atoms with Crippen LogP contribution in [0.15, 0.2) is 121 Å². The van der Waals surface area contributed by atoms with Gasteiger partial charge in [0.1, 0.15) is 0 Å². The number of rotatable bonds is 5. The van der Waals surface area contributed by atoms with Gasteiger partial charge in [0, 0.05) is 0 Å². The van der Waals surface area contributed by atoms with Gasteiger partial charge in [0.05, 0.1) is 11.4 Å². The minimum Gasteiger partial charge on any atom is -0.731 e. The van der Waals surface area contributed by atoms with Gasteiger partial charge < -0.3 is 4.55 Å². The van der Waals surface area contributed by atoms with Crippen molar-refractivity contribution in [1.82, 2.24) is 0 Å². The van der Waals surface area contributed by atoms with Crippen LogP contribution in [0.1, 0.15) is 0 Å². The van der Waals surface area contributed by atoms with Crippen LogP contribution in [-0.4, -0.2) is 13.0 Å².